The molecule has 22 heavy (non-hydrogen) atoms. The Hall–Kier alpha value is -2.30. The summed E-state index contributed by atoms with van der Waals surface area (Å²) < 4.78 is 0. The summed E-state index contributed by atoms with van der Waals surface area (Å²) in [7, 11) is 0. The topological polar surface area (TPSA) is 69.6 Å². The summed E-state index contributed by atoms with van der Waals surface area (Å²) in [6.07, 6.45) is 0. The highest BCUT2D eigenvalue weighted by Crippen LogP contribution is 2.23. The fourth-order valence-electron chi connectivity index (χ4n) is 2.12. The first-order chi connectivity index (χ1) is 10.3. The molecule has 0 radical (unpaired) electrons. The van der Waals surface area contributed by atoms with Crippen LogP contribution in [-0.2, 0) is 9.59 Å². The third kappa shape index (κ3) is 4.10. The SMILES string of the molecule is CCN(CC)c1ccc(NC(=O)/C(C)=C(/C)C(=O)O)c(C)c1. The number of nitrogens with zero attached hydrogens (tertiary/aromatic N) is 1. The zero-order chi connectivity index (χ0) is 16.9. The van der Waals surface area contributed by atoms with Gasteiger partial charge in [0.05, 0.1) is 0 Å². The van der Waals surface area contributed by atoms with Crippen LogP contribution in [0.4, 0.5) is 11.4 Å². The number of amides is 1. The predicted molar refractivity (Wildman–Crippen MR) is 89.4 cm³/mol. The van der Waals surface area contributed by atoms with Gasteiger partial charge in [0.15, 0.2) is 0 Å². The predicted octanol–water partition coefficient (Wildman–Crippen LogP) is 3.20. The first kappa shape index (κ1) is 17.8. The van der Waals surface area contributed by atoms with Crippen LogP contribution < -0.4 is 10.2 Å². The Bertz CT molecular complexity index is 602. The average Bonchev–Trinajstić information content (AvgIpc) is 2.49. The van der Waals surface area contributed by atoms with Crippen LogP contribution in [0.15, 0.2) is 29.3 Å². The summed E-state index contributed by atoms with van der Waals surface area (Å²) in [6, 6.07) is 5.83. The number of carbonyl (C=O) groups is 2. The van der Waals surface area contributed by atoms with Crippen molar-refractivity contribution in [3.8, 4) is 0 Å². The number of aliphatic carboxylic acids is 1. The van der Waals surface area contributed by atoms with E-state index in [0.29, 0.717) is 5.69 Å². The zero-order valence-electron chi connectivity index (χ0n) is 13.9. The van der Waals surface area contributed by atoms with Crippen LogP contribution in [-0.4, -0.2) is 30.1 Å². The monoisotopic (exact) mass is 304 g/mol. The highest BCUT2D eigenvalue weighted by atomic mass is 16.4. The number of carboxylic acid groups (broad SMARTS) is 1. The summed E-state index contributed by atoms with van der Waals surface area (Å²) in [5, 5.41) is 11.7. The van der Waals surface area contributed by atoms with Crippen molar-refractivity contribution in [2.24, 2.45) is 0 Å². The fraction of sp³-hybridized carbons (Fsp3) is 0.412. The molecule has 0 saturated carbocycles. The maximum Gasteiger partial charge on any atom is 0.331 e. The number of nitrogens with one attached hydrogen (secondary N) is 1. The molecule has 0 aliphatic carbocycles. The van der Waals surface area contributed by atoms with Crippen LogP contribution in [0.1, 0.15) is 33.3 Å². The third-order valence-corrected chi connectivity index (χ3v) is 3.81. The molecule has 120 valence electrons. The van der Waals surface area contributed by atoms with Crippen LogP contribution in [0.3, 0.4) is 0 Å². The second kappa shape index (κ2) is 7.64. The number of carboxylic acids is 1. The molecule has 1 amide bonds. The summed E-state index contributed by atoms with van der Waals surface area (Å²) in [5.74, 6) is -1.47. The van der Waals surface area contributed by atoms with Gasteiger partial charge in [-0.3, -0.25) is 4.79 Å². The summed E-state index contributed by atoms with van der Waals surface area (Å²) in [4.78, 5) is 25.2. The summed E-state index contributed by atoms with van der Waals surface area (Å²) >= 11 is 0. The molecule has 0 aromatic heterocycles. The molecule has 5 heteroatoms. The van der Waals surface area contributed by atoms with E-state index in [2.05, 4.69) is 24.1 Å². The average molecular weight is 304 g/mol. The van der Waals surface area contributed by atoms with E-state index >= 15 is 0 Å². The number of hydrogen-bond donors (Lipinski definition) is 2. The van der Waals surface area contributed by atoms with E-state index in [1.165, 1.54) is 13.8 Å². The Balaban J connectivity index is 2.98. The van der Waals surface area contributed by atoms with Crippen molar-refractivity contribution >= 4 is 23.3 Å². The molecule has 0 atom stereocenters. The Morgan fingerprint density at radius 1 is 1.14 bits per heavy atom. The highest BCUT2D eigenvalue weighted by Gasteiger charge is 2.14. The second-order valence-electron chi connectivity index (χ2n) is 5.18. The number of benzene rings is 1. The smallest absolute Gasteiger partial charge is 0.331 e. The molecule has 2 N–H and O–H groups in total. The highest BCUT2D eigenvalue weighted by molar-refractivity contribution is 6.08. The molecule has 0 bridgehead atoms. The largest absolute Gasteiger partial charge is 0.478 e. The molecule has 1 aromatic carbocycles. The first-order valence-electron chi connectivity index (χ1n) is 7.39. The number of hydrogen-bond acceptors (Lipinski definition) is 3. The molecule has 0 spiro atoms. The molecule has 0 fully saturated rings. The molecule has 0 aliphatic rings. The Kier molecular flexibility index (Phi) is 6.16. The lowest BCUT2D eigenvalue weighted by Crippen LogP contribution is -2.22. The van der Waals surface area contributed by atoms with E-state index in [-0.39, 0.29) is 11.1 Å². The van der Waals surface area contributed by atoms with Crippen molar-refractivity contribution in [3.63, 3.8) is 0 Å². The summed E-state index contributed by atoms with van der Waals surface area (Å²) in [6.45, 7) is 10.9. The van der Waals surface area contributed by atoms with Crippen LogP contribution in [0.5, 0.6) is 0 Å². The lowest BCUT2D eigenvalue weighted by Gasteiger charge is -2.22. The molecule has 1 aromatic rings. The normalized spacial score (nSPS) is 11.7. The van der Waals surface area contributed by atoms with Gasteiger partial charge in [0, 0.05) is 35.6 Å². The minimum Gasteiger partial charge on any atom is -0.478 e. The number of carbonyl (C=O) groups excluding carboxylic acids is 1. The Morgan fingerprint density at radius 3 is 2.18 bits per heavy atom. The van der Waals surface area contributed by atoms with Crippen molar-refractivity contribution < 1.29 is 14.7 Å². The minimum absolute atomic E-state index is 0.0508. The second-order valence-corrected chi connectivity index (χ2v) is 5.18. The standard InChI is InChI=1S/C17H24N2O3/c1-6-19(7-2)14-8-9-15(11(3)10-14)18-16(20)12(4)13(5)17(21)22/h8-10H,6-7H2,1-5H3,(H,18,20)(H,21,22)/b13-12-. The molecule has 0 heterocycles. The maximum absolute atomic E-state index is 12.1. The van der Waals surface area contributed by atoms with Crippen LogP contribution in [0.25, 0.3) is 0 Å². The van der Waals surface area contributed by atoms with Crippen molar-refractivity contribution in [1.82, 2.24) is 0 Å². The van der Waals surface area contributed by atoms with Crippen LogP contribution >= 0.6 is 0 Å². The van der Waals surface area contributed by atoms with Crippen LogP contribution in [0, 0.1) is 6.92 Å². The molecule has 5 nitrogen and oxygen atoms in total. The maximum atomic E-state index is 12.1. The van der Waals surface area contributed by atoms with E-state index in [9.17, 15) is 9.59 Å². The van der Waals surface area contributed by atoms with Gasteiger partial charge in [0.2, 0.25) is 0 Å². The molecular weight excluding hydrogens is 280 g/mol. The van der Waals surface area contributed by atoms with Crippen molar-refractivity contribution in [3.05, 3.63) is 34.9 Å². The Labute approximate surface area is 131 Å². The lowest BCUT2D eigenvalue weighted by atomic mass is 10.1. The van der Waals surface area contributed by atoms with E-state index in [4.69, 9.17) is 5.11 Å². The van der Waals surface area contributed by atoms with Gasteiger partial charge in [-0.1, -0.05) is 0 Å². The van der Waals surface area contributed by atoms with Gasteiger partial charge < -0.3 is 15.3 Å². The molecule has 0 saturated heterocycles. The van der Waals surface area contributed by atoms with Crippen molar-refractivity contribution in [2.45, 2.75) is 34.6 Å². The van der Waals surface area contributed by atoms with Gasteiger partial charge >= 0.3 is 5.97 Å². The molecule has 1 rings (SSSR count). The van der Waals surface area contributed by atoms with E-state index < -0.39 is 11.9 Å². The van der Waals surface area contributed by atoms with Gasteiger partial charge in [0.25, 0.3) is 5.91 Å². The lowest BCUT2D eigenvalue weighted by molar-refractivity contribution is -0.133. The third-order valence-electron chi connectivity index (χ3n) is 3.81. The van der Waals surface area contributed by atoms with Gasteiger partial charge in [0.1, 0.15) is 0 Å². The van der Waals surface area contributed by atoms with E-state index in [1.807, 2.05) is 25.1 Å². The van der Waals surface area contributed by atoms with Gasteiger partial charge in [-0.2, -0.15) is 0 Å². The Morgan fingerprint density at radius 2 is 1.73 bits per heavy atom. The zero-order valence-corrected chi connectivity index (χ0v) is 13.9. The minimum atomic E-state index is -1.08. The quantitative estimate of drug-likeness (QED) is 0.792. The van der Waals surface area contributed by atoms with Gasteiger partial charge in [-0.25, -0.2) is 4.79 Å². The number of rotatable bonds is 6. The van der Waals surface area contributed by atoms with Crippen molar-refractivity contribution in [2.75, 3.05) is 23.3 Å². The summed E-state index contributed by atoms with van der Waals surface area (Å²) in [5.41, 5.74) is 3.00. The van der Waals surface area contributed by atoms with Gasteiger partial charge in [-0.05, 0) is 58.4 Å². The molecule has 0 aliphatic heterocycles. The number of aryl methyl sites for hydroxylation is 1. The molecular formula is C17H24N2O3. The molecule has 0 unspecified atom stereocenters. The van der Waals surface area contributed by atoms with E-state index in [0.717, 1.165) is 24.3 Å². The van der Waals surface area contributed by atoms with Crippen LogP contribution in [0.2, 0.25) is 0 Å². The van der Waals surface area contributed by atoms with E-state index in [1.54, 1.807) is 0 Å². The van der Waals surface area contributed by atoms with Crippen molar-refractivity contribution in [1.29, 1.82) is 0 Å². The van der Waals surface area contributed by atoms with Gasteiger partial charge in [-0.15, -0.1) is 0 Å². The number of anilines is 2. The fourth-order valence-corrected chi connectivity index (χ4v) is 2.12. The first-order valence-corrected chi connectivity index (χ1v) is 7.39.